The summed E-state index contributed by atoms with van der Waals surface area (Å²) in [5.41, 5.74) is 2.79. The van der Waals surface area contributed by atoms with Crippen LogP contribution in [-0.2, 0) is 16.0 Å². The number of aromatic carboxylic acids is 1. The molecule has 0 saturated heterocycles. The number of hydrogen-bond donors (Lipinski definition) is 1. The molecule has 2 aliphatic rings. The molecule has 0 fully saturated rings. The van der Waals surface area contributed by atoms with Crippen LogP contribution in [0.2, 0.25) is 0 Å². The topological polar surface area (TPSA) is 76.7 Å². The van der Waals surface area contributed by atoms with E-state index in [-0.39, 0.29) is 23.6 Å². The third kappa shape index (κ3) is 3.76. The van der Waals surface area contributed by atoms with Gasteiger partial charge in [-0.05, 0) is 50.8 Å². The Kier molecular flexibility index (Phi) is 4.66. The van der Waals surface area contributed by atoms with Crippen LogP contribution in [0, 0.1) is 5.92 Å². The fraction of sp³-hybridized carbons (Fsp3) is 0.400. The summed E-state index contributed by atoms with van der Waals surface area (Å²) in [6.07, 6.45) is 5.76. The van der Waals surface area contributed by atoms with Gasteiger partial charge in [0.25, 0.3) is 0 Å². The summed E-state index contributed by atoms with van der Waals surface area (Å²) in [6, 6.07) is 1.56. The number of furan rings is 1. The number of esters is 1. The molecule has 132 valence electrons. The van der Waals surface area contributed by atoms with Crippen molar-refractivity contribution in [2.75, 3.05) is 0 Å². The van der Waals surface area contributed by atoms with Crippen LogP contribution >= 0.6 is 0 Å². The van der Waals surface area contributed by atoms with Crippen LogP contribution in [0.5, 0.6) is 0 Å². The second kappa shape index (κ2) is 6.75. The number of carbonyl (C=O) groups is 2. The van der Waals surface area contributed by atoms with Crippen molar-refractivity contribution >= 4 is 18.0 Å². The van der Waals surface area contributed by atoms with Crippen molar-refractivity contribution in [2.24, 2.45) is 5.92 Å². The van der Waals surface area contributed by atoms with Crippen LogP contribution in [0.25, 0.3) is 6.08 Å². The molecule has 1 aromatic rings. The highest BCUT2D eigenvalue weighted by Crippen LogP contribution is 2.31. The predicted octanol–water partition coefficient (Wildman–Crippen LogP) is 4.15. The molecule has 0 amide bonds. The zero-order chi connectivity index (χ0) is 18.1. The quantitative estimate of drug-likeness (QED) is 0.645. The van der Waals surface area contributed by atoms with Gasteiger partial charge in [0, 0.05) is 18.4 Å². The molecule has 4 bridgehead atoms. The Hall–Kier alpha value is -2.56. The standard InChI is InChI=1S/C20H22O5/c1-11(2)13-4-5-14-8-15(25-20(14)23)6-12(3)7-16-10-17(19(21)22)18(9-13)24-16/h7-8,10,13,15H,1,4-6,9H2,2-3H3,(H,21,22)/b12-7-/t13-,15-/m1/s1. The van der Waals surface area contributed by atoms with Gasteiger partial charge in [-0.15, -0.1) is 0 Å². The molecule has 25 heavy (non-hydrogen) atoms. The third-order valence-corrected chi connectivity index (χ3v) is 4.77. The maximum atomic E-state index is 12.0. The van der Waals surface area contributed by atoms with Crippen LogP contribution in [0.15, 0.2) is 39.9 Å². The largest absolute Gasteiger partial charge is 0.478 e. The van der Waals surface area contributed by atoms with E-state index in [1.165, 1.54) is 0 Å². The minimum Gasteiger partial charge on any atom is -0.478 e. The van der Waals surface area contributed by atoms with Crippen molar-refractivity contribution in [1.29, 1.82) is 0 Å². The first kappa shape index (κ1) is 17.3. The van der Waals surface area contributed by atoms with Crippen molar-refractivity contribution in [3.05, 3.63) is 52.5 Å². The van der Waals surface area contributed by atoms with Gasteiger partial charge in [0.2, 0.25) is 0 Å². The minimum atomic E-state index is -0.995. The molecule has 1 aromatic heterocycles. The molecule has 3 rings (SSSR count). The number of ether oxygens (including phenoxy) is 1. The predicted molar refractivity (Wildman–Crippen MR) is 93.1 cm³/mol. The van der Waals surface area contributed by atoms with Crippen molar-refractivity contribution in [1.82, 2.24) is 0 Å². The number of allylic oxidation sites excluding steroid dienone is 1. The van der Waals surface area contributed by atoms with Crippen molar-refractivity contribution in [3.63, 3.8) is 0 Å². The van der Waals surface area contributed by atoms with Gasteiger partial charge in [-0.1, -0.05) is 17.7 Å². The van der Waals surface area contributed by atoms with Gasteiger partial charge in [-0.2, -0.15) is 0 Å². The number of rotatable bonds is 2. The molecule has 0 aromatic carbocycles. The third-order valence-electron chi connectivity index (χ3n) is 4.77. The van der Waals surface area contributed by atoms with Crippen molar-refractivity contribution in [2.45, 2.75) is 45.6 Å². The number of fused-ring (bicyclic) bond motifs is 3. The fourth-order valence-corrected chi connectivity index (χ4v) is 3.37. The SMILES string of the molecule is C=C(C)[C@@H]1CCC2=C[C@@H](C/C(C)=C\c3cc(C(=O)O)c(o3)C1)OC2=O. The molecule has 0 radical (unpaired) electrons. The molecule has 2 atom stereocenters. The summed E-state index contributed by atoms with van der Waals surface area (Å²) >= 11 is 0. The molecule has 3 heterocycles. The lowest BCUT2D eigenvalue weighted by atomic mass is 9.89. The van der Waals surface area contributed by atoms with Gasteiger partial charge in [0.15, 0.2) is 0 Å². The molecular formula is C20H22O5. The van der Waals surface area contributed by atoms with E-state index in [2.05, 4.69) is 6.58 Å². The van der Waals surface area contributed by atoms with Crippen LogP contribution in [0.1, 0.15) is 55.0 Å². The maximum absolute atomic E-state index is 12.0. The maximum Gasteiger partial charge on any atom is 0.339 e. The van der Waals surface area contributed by atoms with E-state index in [0.29, 0.717) is 42.8 Å². The van der Waals surface area contributed by atoms with Gasteiger partial charge >= 0.3 is 11.9 Å². The van der Waals surface area contributed by atoms with E-state index >= 15 is 0 Å². The first-order chi connectivity index (χ1) is 11.8. The van der Waals surface area contributed by atoms with E-state index in [9.17, 15) is 14.7 Å². The van der Waals surface area contributed by atoms with Gasteiger partial charge in [0.05, 0.1) is 0 Å². The fourth-order valence-electron chi connectivity index (χ4n) is 3.37. The smallest absolute Gasteiger partial charge is 0.339 e. The highest BCUT2D eigenvalue weighted by Gasteiger charge is 2.28. The molecule has 5 nitrogen and oxygen atoms in total. The first-order valence-electron chi connectivity index (χ1n) is 8.43. The van der Waals surface area contributed by atoms with E-state index in [1.807, 2.05) is 26.0 Å². The lowest BCUT2D eigenvalue weighted by Gasteiger charge is -2.16. The lowest BCUT2D eigenvalue weighted by molar-refractivity contribution is -0.139. The van der Waals surface area contributed by atoms with Gasteiger partial charge in [-0.3, -0.25) is 0 Å². The molecule has 2 aliphatic heterocycles. The first-order valence-corrected chi connectivity index (χ1v) is 8.43. The minimum absolute atomic E-state index is 0.0377. The molecular weight excluding hydrogens is 320 g/mol. The summed E-state index contributed by atoms with van der Waals surface area (Å²) in [4.78, 5) is 23.6. The highest BCUT2D eigenvalue weighted by atomic mass is 16.5. The van der Waals surface area contributed by atoms with Gasteiger partial charge < -0.3 is 14.3 Å². The second-order valence-corrected chi connectivity index (χ2v) is 6.91. The van der Waals surface area contributed by atoms with Crippen molar-refractivity contribution in [3.8, 4) is 0 Å². The molecule has 1 N–H and O–H groups in total. The Morgan fingerprint density at radius 3 is 2.80 bits per heavy atom. The van der Waals surface area contributed by atoms with E-state index in [4.69, 9.17) is 9.15 Å². The average molecular weight is 342 g/mol. The van der Waals surface area contributed by atoms with E-state index in [0.717, 1.165) is 11.1 Å². The number of hydrogen-bond acceptors (Lipinski definition) is 4. The number of carboxylic acid groups (broad SMARTS) is 1. The highest BCUT2D eigenvalue weighted by molar-refractivity contribution is 5.91. The normalized spacial score (nSPS) is 25.6. The number of carbonyl (C=O) groups excluding carboxylic acids is 1. The Morgan fingerprint density at radius 1 is 1.36 bits per heavy atom. The molecule has 0 saturated carbocycles. The van der Waals surface area contributed by atoms with Crippen LogP contribution < -0.4 is 0 Å². The Balaban J connectivity index is 2.01. The summed E-state index contributed by atoms with van der Waals surface area (Å²) in [5, 5.41) is 9.46. The molecule has 0 spiro atoms. The summed E-state index contributed by atoms with van der Waals surface area (Å²) < 4.78 is 11.2. The molecule has 5 heteroatoms. The molecule has 0 unspecified atom stereocenters. The van der Waals surface area contributed by atoms with Crippen molar-refractivity contribution < 1.29 is 23.8 Å². The summed E-state index contributed by atoms with van der Waals surface area (Å²) in [7, 11) is 0. The summed E-state index contributed by atoms with van der Waals surface area (Å²) in [5.74, 6) is -0.238. The Morgan fingerprint density at radius 2 is 2.12 bits per heavy atom. The van der Waals surface area contributed by atoms with Crippen LogP contribution in [0.3, 0.4) is 0 Å². The second-order valence-electron chi connectivity index (χ2n) is 6.91. The molecule has 0 aliphatic carbocycles. The van der Waals surface area contributed by atoms with E-state index in [1.54, 1.807) is 6.07 Å². The summed E-state index contributed by atoms with van der Waals surface area (Å²) in [6.45, 7) is 7.85. The van der Waals surface area contributed by atoms with Gasteiger partial charge in [0.1, 0.15) is 23.2 Å². The number of carboxylic acids is 1. The Labute approximate surface area is 146 Å². The van der Waals surface area contributed by atoms with Crippen LogP contribution in [0.4, 0.5) is 0 Å². The average Bonchev–Trinajstić information content (AvgIpc) is 3.06. The monoisotopic (exact) mass is 342 g/mol. The zero-order valence-corrected chi connectivity index (χ0v) is 14.5. The van der Waals surface area contributed by atoms with Crippen LogP contribution in [-0.4, -0.2) is 23.1 Å². The lowest BCUT2D eigenvalue weighted by Crippen LogP contribution is -2.11. The van der Waals surface area contributed by atoms with Gasteiger partial charge in [-0.25, -0.2) is 9.59 Å². The zero-order valence-electron chi connectivity index (χ0n) is 14.5. The van der Waals surface area contributed by atoms with E-state index < -0.39 is 5.97 Å². The Bertz CT molecular complexity index is 793.